The number of hydrogen-bond acceptors (Lipinski definition) is 7. The molecule has 3 aromatic rings. The first-order valence-corrected chi connectivity index (χ1v) is 9.84. The lowest BCUT2D eigenvalue weighted by atomic mass is 10.1. The fourth-order valence-corrected chi connectivity index (χ4v) is 3.03. The number of carbonyl (C=O) groups is 2. The smallest absolute Gasteiger partial charge is 0.338 e. The minimum absolute atomic E-state index is 0.135. The monoisotopic (exact) mass is 449 g/mol. The van der Waals surface area contributed by atoms with Crippen LogP contribution in [0.1, 0.15) is 26.3 Å². The van der Waals surface area contributed by atoms with Gasteiger partial charge in [0.15, 0.2) is 0 Å². The largest absolute Gasteiger partial charge is 0.460 e. The summed E-state index contributed by atoms with van der Waals surface area (Å²) < 4.78 is 5.34. The number of esters is 1. The summed E-state index contributed by atoms with van der Waals surface area (Å²) in [7, 11) is 0. The van der Waals surface area contributed by atoms with Gasteiger partial charge in [-0.15, -0.1) is 0 Å². The van der Waals surface area contributed by atoms with E-state index in [9.17, 15) is 29.8 Å². The third kappa shape index (κ3) is 6.44. The van der Waals surface area contributed by atoms with Crippen molar-refractivity contribution in [1.29, 1.82) is 0 Å². The maximum absolute atomic E-state index is 12.7. The molecule has 0 aliphatic rings. The van der Waals surface area contributed by atoms with Gasteiger partial charge in [-0.05, 0) is 36.2 Å². The normalized spacial score (nSPS) is 11.3. The van der Waals surface area contributed by atoms with E-state index in [0.717, 1.165) is 5.56 Å². The molecule has 0 bridgehead atoms. The van der Waals surface area contributed by atoms with Crippen LogP contribution in [-0.4, -0.2) is 34.4 Å². The van der Waals surface area contributed by atoms with Crippen molar-refractivity contribution in [3.05, 3.63) is 116 Å². The molecule has 0 spiro atoms. The summed E-state index contributed by atoms with van der Waals surface area (Å²) in [5.41, 5.74) is 0.979. The van der Waals surface area contributed by atoms with Crippen LogP contribution in [0.25, 0.3) is 0 Å². The van der Waals surface area contributed by atoms with E-state index in [1.54, 1.807) is 0 Å². The van der Waals surface area contributed by atoms with Gasteiger partial charge < -0.3 is 10.1 Å². The Morgan fingerprint density at radius 3 is 1.82 bits per heavy atom. The number of nitro benzene ring substituents is 2. The molecule has 3 rings (SSSR count). The van der Waals surface area contributed by atoms with Crippen LogP contribution in [-0.2, 0) is 11.2 Å². The Bertz CT molecular complexity index is 1150. The van der Waals surface area contributed by atoms with Crippen molar-refractivity contribution >= 4 is 23.3 Å². The van der Waals surface area contributed by atoms with Crippen molar-refractivity contribution in [2.24, 2.45) is 0 Å². The van der Waals surface area contributed by atoms with Gasteiger partial charge in [0.2, 0.25) is 0 Å². The van der Waals surface area contributed by atoms with Crippen LogP contribution in [0.15, 0.2) is 78.9 Å². The molecule has 0 radical (unpaired) electrons. The van der Waals surface area contributed by atoms with Crippen molar-refractivity contribution in [1.82, 2.24) is 5.32 Å². The number of non-ortho nitro benzene ring substituents is 2. The fourth-order valence-electron chi connectivity index (χ4n) is 3.03. The molecule has 0 saturated carbocycles. The molecular formula is C23H19N3O7. The van der Waals surface area contributed by atoms with Crippen LogP contribution in [0.3, 0.4) is 0 Å². The second-order valence-electron chi connectivity index (χ2n) is 7.07. The molecule has 33 heavy (non-hydrogen) atoms. The average Bonchev–Trinajstić information content (AvgIpc) is 2.83. The van der Waals surface area contributed by atoms with E-state index in [-0.39, 0.29) is 29.1 Å². The van der Waals surface area contributed by atoms with Crippen LogP contribution in [0.2, 0.25) is 0 Å². The zero-order valence-electron chi connectivity index (χ0n) is 17.2. The van der Waals surface area contributed by atoms with Crippen molar-refractivity contribution in [2.45, 2.75) is 12.5 Å². The number of nitro groups is 2. The van der Waals surface area contributed by atoms with Gasteiger partial charge in [0.1, 0.15) is 6.61 Å². The van der Waals surface area contributed by atoms with Crippen LogP contribution >= 0.6 is 0 Å². The Morgan fingerprint density at radius 1 is 0.788 bits per heavy atom. The predicted molar refractivity (Wildman–Crippen MR) is 118 cm³/mol. The highest BCUT2D eigenvalue weighted by molar-refractivity contribution is 5.94. The lowest BCUT2D eigenvalue weighted by Crippen LogP contribution is -2.40. The van der Waals surface area contributed by atoms with Gasteiger partial charge >= 0.3 is 5.97 Å². The van der Waals surface area contributed by atoms with Crippen molar-refractivity contribution in [3.63, 3.8) is 0 Å². The van der Waals surface area contributed by atoms with Gasteiger partial charge in [0.05, 0.1) is 21.5 Å². The maximum atomic E-state index is 12.7. The summed E-state index contributed by atoms with van der Waals surface area (Å²) in [6.07, 6.45) is 0.368. The second-order valence-corrected chi connectivity index (χ2v) is 7.07. The molecule has 0 unspecified atom stereocenters. The molecule has 1 amide bonds. The first-order valence-electron chi connectivity index (χ1n) is 9.84. The minimum atomic E-state index is -0.687. The van der Waals surface area contributed by atoms with E-state index in [0.29, 0.717) is 6.42 Å². The lowest BCUT2D eigenvalue weighted by molar-refractivity contribution is -0.385. The van der Waals surface area contributed by atoms with Gasteiger partial charge in [-0.3, -0.25) is 25.0 Å². The summed E-state index contributed by atoms with van der Waals surface area (Å²) in [6.45, 7) is -0.149. The van der Waals surface area contributed by atoms with Crippen LogP contribution in [0.4, 0.5) is 11.4 Å². The molecule has 1 N–H and O–H groups in total. The molecule has 0 aliphatic carbocycles. The number of hydrogen-bond donors (Lipinski definition) is 1. The third-order valence-corrected chi connectivity index (χ3v) is 4.73. The highest BCUT2D eigenvalue weighted by Gasteiger charge is 2.19. The van der Waals surface area contributed by atoms with Gasteiger partial charge in [-0.2, -0.15) is 0 Å². The minimum Gasteiger partial charge on any atom is -0.460 e. The van der Waals surface area contributed by atoms with E-state index >= 15 is 0 Å². The Labute approximate surface area is 188 Å². The fraction of sp³-hybridized carbons (Fsp3) is 0.130. The molecular weight excluding hydrogens is 430 g/mol. The van der Waals surface area contributed by atoms with Crippen LogP contribution < -0.4 is 5.32 Å². The summed E-state index contributed by atoms with van der Waals surface area (Å²) in [5, 5.41) is 24.3. The molecule has 0 heterocycles. The van der Waals surface area contributed by atoms with Gasteiger partial charge in [-0.25, -0.2) is 4.79 Å². The zero-order valence-corrected chi connectivity index (χ0v) is 17.2. The first-order chi connectivity index (χ1) is 15.8. The van der Waals surface area contributed by atoms with Crippen molar-refractivity contribution in [3.8, 4) is 0 Å². The quantitative estimate of drug-likeness (QED) is 0.298. The number of ether oxygens (including phenoxy) is 1. The van der Waals surface area contributed by atoms with E-state index in [1.807, 2.05) is 30.3 Å². The molecule has 3 aromatic carbocycles. The maximum Gasteiger partial charge on any atom is 0.338 e. The molecule has 0 saturated heterocycles. The number of nitrogens with zero attached hydrogens (tertiary/aromatic N) is 2. The van der Waals surface area contributed by atoms with E-state index in [4.69, 9.17) is 4.74 Å². The van der Waals surface area contributed by atoms with Crippen molar-refractivity contribution < 1.29 is 24.2 Å². The average molecular weight is 449 g/mol. The predicted octanol–water partition coefficient (Wildman–Crippen LogP) is 3.70. The number of amides is 1. The second kappa shape index (κ2) is 10.6. The molecule has 10 heteroatoms. The lowest BCUT2D eigenvalue weighted by Gasteiger charge is -2.19. The molecule has 168 valence electrons. The standard InChI is InChI=1S/C23H19N3O7/c27-22(17-6-10-20(11-7-17)25(29)30)24-19(14-16-4-2-1-3-5-16)15-33-23(28)18-8-12-21(13-9-18)26(31)32/h1-13,19H,14-15H2,(H,24,27)/t19-/m0/s1. The number of carbonyl (C=O) groups excluding carboxylic acids is 2. The van der Waals surface area contributed by atoms with Gasteiger partial charge in [0, 0.05) is 29.8 Å². The zero-order chi connectivity index (χ0) is 23.8. The Morgan fingerprint density at radius 2 is 1.30 bits per heavy atom. The topological polar surface area (TPSA) is 142 Å². The van der Waals surface area contributed by atoms with Gasteiger partial charge in [-0.1, -0.05) is 30.3 Å². The Kier molecular flexibility index (Phi) is 7.43. The highest BCUT2D eigenvalue weighted by atomic mass is 16.6. The van der Waals surface area contributed by atoms with E-state index < -0.39 is 27.8 Å². The molecule has 0 aliphatic heterocycles. The summed E-state index contributed by atoms with van der Waals surface area (Å²) in [6, 6.07) is 18.8. The van der Waals surface area contributed by atoms with E-state index in [1.165, 1.54) is 48.5 Å². The summed E-state index contributed by atoms with van der Waals surface area (Å²) in [5.74, 6) is -1.16. The molecule has 0 aromatic heterocycles. The molecule has 10 nitrogen and oxygen atoms in total. The molecule has 0 fully saturated rings. The third-order valence-electron chi connectivity index (χ3n) is 4.73. The van der Waals surface area contributed by atoms with Gasteiger partial charge in [0.25, 0.3) is 17.3 Å². The summed E-state index contributed by atoms with van der Waals surface area (Å²) >= 11 is 0. The summed E-state index contributed by atoms with van der Waals surface area (Å²) in [4.78, 5) is 45.5. The SMILES string of the molecule is O=C(N[C@H](COC(=O)c1ccc([N+](=O)[O-])cc1)Cc1ccccc1)c1ccc([N+](=O)[O-])cc1. The Hall–Kier alpha value is -4.60. The highest BCUT2D eigenvalue weighted by Crippen LogP contribution is 2.14. The van der Waals surface area contributed by atoms with Crippen molar-refractivity contribution in [2.75, 3.05) is 6.61 Å². The van der Waals surface area contributed by atoms with E-state index in [2.05, 4.69) is 5.32 Å². The number of rotatable bonds is 9. The first kappa shape index (κ1) is 23.1. The molecule has 1 atom stereocenters. The Balaban J connectivity index is 1.69. The van der Waals surface area contributed by atoms with Crippen LogP contribution in [0, 0.1) is 20.2 Å². The number of nitrogens with one attached hydrogen (secondary N) is 1. The van der Waals surface area contributed by atoms with Crippen LogP contribution in [0.5, 0.6) is 0 Å². The number of benzene rings is 3.